The number of carbonyl (C=O) groups excluding carboxylic acids is 1. The zero-order valence-electron chi connectivity index (χ0n) is 13.9. The van der Waals surface area contributed by atoms with Gasteiger partial charge < -0.3 is 9.84 Å². The van der Waals surface area contributed by atoms with E-state index in [-0.39, 0.29) is 32.6 Å². The van der Waals surface area contributed by atoms with Gasteiger partial charge in [-0.1, -0.05) is 42.5 Å². The minimum Gasteiger partial charge on any atom is -0.504 e. The molecule has 0 aliphatic rings. The number of benzene rings is 3. The molecular formula is C20H16O5S. The number of ether oxygens (including phenoxy) is 1. The molecule has 132 valence electrons. The van der Waals surface area contributed by atoms with Crippen molar-refractivity contribution in [3.8, 4) is 11.5 Å². The van der Waals surface area contributed by atoms with Crippen LogP contribution in [0.4, 0.5) is 0 Å². The molecular weight excluding hydrogens is 352 g/mol. The van der Waals surface area contributed by atoms with Crippen molar-refractivity contribution in [2.24, 2.45) is 0 Å². The number of rotatable bonds is 5. The van der Waals surface area contributed by atoms with Gasteiger partial charge in [0.15, 0.2) is 17.3 Å². The number of sulfone groups is 1. The van der Waals surface area contributed by atoms with Crippen molar-refractivity contribution in [2.45, 2.75) is 9.79 Å². The van der Waals surface area contributed by atoms with E-state index in [4.69, 9.17) is 4.74 Å². The molecule has 0 aliphatic heterocycles. The second-order valence-corrected chi connectivity index (χ2v) is 7.45. The first-order valence-electron chi connectivity index (χ1n) is 7.76. The molecule has 3 aromatic rings. The van der Waals surface area contributed by atoms with Crippen molar-refractivity contribution in [3.05, 3.63) is 83.9 Å². The Morgan fingerprint density at radius 1 is 0.923 bits per heavy atom. The van der Waals surface area contributed by atoms with Crippen LogP contribution in [-0.4, -0.2) is 26.4 Å². The fraction of sp³-hybridized carbons (Fsp3) is 0.0500. The molecule has 0 amide bonds. The molecule has 0 fully saturated rings. The highest BCUT2D eigenvalue weighted by Crippen LogP contribution is 2.32. The predicted octanol–water partition coefficient (Wildman–Crippen LogP) is 3.46. The maximum atomic E-state index is 13.1. The van der Waals surface area contributed by atoms with E-state index in [0.29, 0.717) is 5.56 Å². The molecule has 0 saturated heterocycles. The van der Waals surface area contributed by atoms with E-state index < -0.39 is 9.84 Å². The van der Waals surface area contributed by atoms with E-state index >= 15 is 0 Å². The topological polar surface area (TPSA) is 80.7 Å². The molecule has 6 heteroatoms. The highest BCUT2D eigenvalue weighted by molar-refractivity contribution is 7.91. The van der Waals surface area contributed by atoms with Gasteiger partial charge in [-0.25, -0.2) is 8.42 Å². The van der Waals surface area contributed by atoms with Crippen molar-refractivity contribution in [1.82, 2.24) is 0 Å². The molecule has 0 aromatic heterocycles. The third kappa shape index (κ3) is 3.19. The summed E-state index contributed by atoms with van der Waals surface area (Å²) in [5, 5.41) is 9.69. The van der Waals surface area contributed by atoms with E-state index in [1.54, 1.807) is 42.5 Å². The van der Waals surface area contributed by atoms with Gasteiger partial charge in [0, 0.05) is 17.2 Å². The van der Waals surface area contributed by atoms with Crippen LogP contribution in [0, 0.1) is 0 Å². The average molecular weight is 368 g/mol. The molecule has 0 atom stereocenters. The van der Waals surface area contributed by atoms with Crippen LogP contribution in [0.2, 0.25) is 0 Å². The fourth-order valence-electron chi connectivity index (χ4n) is 2.59. The third-order valence-electron chi connectivity index (χ3n) is 3.92. The molecule has 26 heavy (non-hydrogen) atoms. The molecule has 1 N–H and O–H groups in total. The Morgan fingerprint density at radius 2 is 1.58 bits per heavy atom. The van der Waals surface area contributed by atoms with Gasteiger partial charge in [-0.05, 0) is 24.3 Å². The lowest BCUT2D eigenvalue weighted by Gasteiger charge is -2.11. The van der Waals surface area contributed by atoms with Crippen molar-refractivity contribution in [2.75, 3.05) is 7.11 Å². The molecule has 0 aliphatic carbocycles. The van der Waals surface area contributed by atoms with Crippen molar-refractivity contribution >= 4 is 15.6 Å². The van der Waals surface area contributed by atoms with Crippen molar-refractivity contribution in [1.29, 1.82) is 0 Å². The first-order valence-corrected chi connectivity index (χ1v) is 9.24. The molecule has 0 bridgehead atoms. The summed E-state index contributed by atoms with van der Waals surface area (Å²) in [6.45, 7) is 0. The Morgan fingerprint density at radius 3 is 2.27 bits per heavy atom. The summed E-state index contributed by atoms with van der Waals surface area (Å²) in [5.41, 5.74) is 0.490. The van der Waals surface area contributed by atoms with E-state index in [1.807, 2.05) is 0 Å². The normalized spacial score (nSPS) is 11.1. The highest BCUT2D eigenvalue weighted by Gasteiger charge is 2.25. The van der Waals surface area contributed by atoms with E-state index in [2.05, 4.69) is 0 Å². The van der Waals surface area contributed by atoms with E-state index in [9.17, 15) is 18.3 Å². The van der Waals surface area contributed by atoms with Crippen LogP contribution in [0.15, 0.2) is 82.6 Å². The van der Waals surface area contributed by atoms with Crippen LogP contribution in [-0.2, 0) is 9.84 Å². The lowest BCUT2D eigenvalue weighted by Crippen LogP contribution is -2.11. The maximum Gasteiger partial charge on any atom is 0.207 e. The molecule has 3 aromatic carbocycles. The average Bonchev–Trinajstić information content (AvgIpc) is 2.68. The first-order chi connectivity index (χ1) is 12.4. The molecule has 0 unspecified atom stereocenters. The number of aromatic hydroxyl groups is 1. The van der Waals surface area contributed by atoms with Gasteiger partial charge in [0.1, 0.15) is 0 Å². The van der Waals surface area contributed by atoms with Crippen LogP contribution in [0.1, 0.15) is 15.9 Å². The van der Waals surface area contributed by atoms with Crippen molar-refractivity contribution in [3.63, 3.8) is 0 Å². The van der Waals surface area contributed by atoms with Crippen LogP contribution >= 0.6 is 0 Å². The Kier molecular flexibility index (Phi) is 4.77. The van der Waals surface area contributed by atoms with Gasteiger partial charge in [-0.3, -0.25) is 4.79 Å². The monoisotopic (exact) mass is 368 g/mol. The number of phenols is 1. The summed E-state index contributed by atoms with van der Waals surface area (Å²) >= 11 is 0. The predicted molar refractivity (Wildman–Crippen MR) is 96.4 cm³/mol. The number of methoxy groups -OCH3 is 1. The van der Waals surface area contributed by atoms with Gasteiger partial charge in [0.05, 0.1) is 16.9 Å². The van der Waals surface area contributed by atoms with Crippen LogP contribution in [0.25, 0.3) is 0 Å². The molecule has 0 saturated carbocycles. The zero-order valence-corrected chi connectivity index (χ0v) is 14.7. The summed E-state index contributed by atoms with van der Waals surface area (Å²) in [4.78, 5) is 12.6. The summed E-state index contributed by atoms with van der Waals surface area (Å²) in [6.07, 6.45) is 0. The Balaban J connectivity index is 2.14. The molecule has 0 spiro atoms. The highest BCUT2D eigenvalue weighted by atomic mass is 32.2. The van der Waals surface area contributed by atoms with Crippen LogP contribution in [0.3, 0.4) is 0 Å². The Hall–Kier alpha value is -3.12. The van der Waals surface area contributed by atoms with Gasteiger partial charge in [0.25, 0.3) is 0 Å². The Bertz CT molecular complexity index is 1060. The summed E-state index contributed by atoms with van der Waals surface area (Å²) < 4.78 is 31.1. The van der Waals surface area contributed by atoms with Gasteiger partial charge in [0.2, 0.25) is 9.84 Å². The van der Waals surface area contributed by atoms with E-state index in [1.165, 1.54) is 37.4 Å². The fourth-order valence-corrected chi connectivity index (χ4v) is 4.06. The lowest BCUT2D eigenvalue weighted by atomic mass is 10.0. The number of hydrogen-bond acceptors (Lipinski definition) is 5. The SMILES string of the molecule is COc1cc(S(=O)(=O)c2ccccc2C(=O)c2ccccc2)ccc1O. The quantitative estimate of drug-likeness (QED) is 0.698. The number of ketones is 1. The molecule has 0 radical (unpaired) electrons. The van der Waals surface area contributed by atoms with E-state index in [0.717, 1.165) is 0 Å². The van der Waals surface area contributed by atoms with Crippen LogP contribution < -0.4 is 4.74 Å². The summed E-state index contributed by atoms with van der Waals surface area (Å²) in [5.74, 6) is -0.506. The zero-order chi connectivity index (χ0) is 18.7. The standard InChI is InChI=1S/C20H16O5S/c1-25-18-13-15(11-12-17(18)21)26(23,24)19-10-6-5-9-16(19)20(22)14-7-3-2-4-8-14/h2-13,21H,1H3. The largest absolute Gasteiger partial charge is 0.504 e. The second kappa shape index (κ2) is 7.01. The lowest BCUT2D eigenvalue weighted by molar-refractivity contribution is 0.103. The molecule has 5 nitrogen and oxygen atoms in total. The number of phenolic OH excluding ortho intramolecular Hbond substituents is 1. The number of hydrogen-bond donors (Lipinski definition) is 1. The third-order valence-corrected chi connectivity index (χ3v) is 5.73. The van der Waals surface area contributed by atoms with Gasteiger partial charge in [-0.15, -0.1) is 0 Å². The van der Waals surface area contributed by atoms with Crippen LogP contribution in [0.5, 0.6) is 11.5 Å². The Labute approximate surface area is 151 Å². The summed E-state index contributed by atoms with van der Waals surface area (Å²) in [6, 6.07) is 18.3. The van der Waals surface area contributed by atoms with Gasteiger partial charge in [-0.2, -0.15) is 0 Å². The minimum atomic E-state index is -3.98. The smallest absolute Gasteiger partial charge is 0.207 e. The number of carbonyl (C=O) groups is 1. The maximum absolute atomic E-state index is 13.1. The molecule has 0 heterocycles. The van der Waals surface area contributed by atoms with Crippen molar-refractivity contribution < 1.29 is 23.1 Å². The first kappa shape index (κ1) is 17.7. The minimum absolute atomic E-state index is 0.0398. The summed E-state index contributed by atoms with van der Waals surface area (Å²) in [7, 11) is -2.65. The molecule has 3 rings (SSSR count). The van der Waals surface area contributed by atoms with Gasteiger partial charge >= 0.3 is 0 Å². The second-order valence-electron chi connectivity index (χ2n) is 5.53.